The molecule has 0 fully saturated rings. The van der Waals surface area contributed by atoms with Crippen LogP contribution in [0.2, 0.25) is 0 Å². The van der Waals surface area contributed by atoms with Crippen LogP contribution in [0.25, 0.3) is 5.76 Å². The fraction of sp³-hybridized carbons (Fsp3) is 0.412. The summed E-state index contributed by atoms with van der Waals surface area (Å²) in [4.78, 5) is 23.6. The van der Waals surface area contributed by atoms with Crippen molar-refractivity contribution in [2.45, 2.75) is 38.9 Å². The van der Waals surface area contributed by atoms with Crippen LogP contribution in [-0.2, 0) is 19.1 Å². The SMILES string of the molecule is CCCCOC(=O)CC1(O)OC(c2ccc(C)cc2)=CC1=O. The molecule has 1 N–H and O–H groups in total. The quantitative estimate of drug-likeness (QED) is 0.645. The molecule has 0 saturated heterocycles. The third-order valence-corrected chi connectivity index (χ3v) is 3.41. The Morgan fingerprint density at radius 3 is 2.64 bits per heavy atom. The number of carbonyl (C=O) groups is 2. The predicted octanol–water partition coefficient (Wildman–Crippen LogP) is 2.36. The van der Waals surface area contributed by atoms with E-state index in [9.17, 15) is 14.7 Å². The van der Waals surface area contributed by atoms with Crippen molar-refractivity contribution in [3.05, 3.63) is 41.5 Å². The maximum Gasteiger partial charge on any atom is 0.313 e. The van der Waals surface area contributed by atoms with Crippen molar-refractivity contribution in [1.82, 2.24) is 0 Å². The standard InChI is InChI=1S/C17H20O5/c1-3-4-9-21-16(19)11-17(20)15(18)10-14(22-17)13-7-5-12(2)6-8-13/h5-8,10,20H,3-4,9,11H2,1-2H3. The fourth-order valence-corrected chi connectivity index (χ4v) is 2.05. The lowest BCUT2D eigenvalue weighted by atomic mass is 10.1. The molecule has 0 spiro atoms. The summed E-state index contributed by atoms with van der Waals surface area (Å²) in [6, 6.07) is 7.33. The number of rotatable bonds is 6. The number of hydrogen-bond acceptors (Lipinski definition) is 5. The van der Waals surface area contributed by atoms with Crippen LogP contribution >= 0.6 is 0 Å². The zero-order valence-electron chi connectivity index (χ0n) is 12.8. The summed E-state index contributed by atoms with van der Waals surface area (Å²) < 4.78 is 10.3. The van der Waals surface area contributed by atoms with E-state index in [1.807, 2.05) is 26.0 Å². The molecule has 1 atom stereocenters. The van der Waals surface area contributed by atoms with Crippen molar-refractivity contribution in [2.24, 2.45) is 0 Å². The lowest BCUT2D eigenvalue weighted by Gasteiger charge is -2.21. The summed E-state index contributed by atoms with van der Waals surface area (Å²) in [7, 11) is 0. The van der Waals surface area contributed by atoms with E-state index in [0.29, 0.717) is 5.56 Å². The van der Waals surface area contributed by atoms with Crippen LogP contribution < -0.4 is 0 Å². The minimum absolute atomic E-state index is 0.258. The molecule has 0 bridgehead atoms. The zero-order valence-corrected chi connectivity index (χ0v) is 12.8. The second-order valence-electron chi connectivity index (χ2n) is 5.38. The van der Waals surface area contributed by atoms with E-state index in [0.717, 1.165) is 18.4 Å². The predicted molar refractivity (Wildman–Crippen MR) is 80.7 cm³/mol. The number of esters is 1. The average molecular weight is 304 g/mol. The Labute approximate surface area is 129 Å². The van der Waals surface area contributed by atoms with E-state index in [2.05, 4.69) is 0 Å². The topological polar surface area (TPSA) is 72.8 Å². The maximum absolute atomic E-state index is 12.0. The molecule has 5 nitrogen and oxygen atoms in total. The minimum Gasteiger partial charge on any atom is -0.465 e. The summed E-state index contributed by atoms with van der Waals surface area (Å²) in [5, 5.41) is 10.2. The normalized spacial score (nSPS) is 20.5. The Morgan fingerprint density at radius 1 is 1.32 bits per heavy atom. The van der Waals surface area contributed by atoms with Crippen molar-refractivity contribution in [3.63, 3.8) is 0 Å². The number of ether oxygens (including phenoxy) is 2. The van der Waals surface area contributed by atoms with Gasteiger partial charge < -0.3 is 14.6 Å². The van der Waals surface area contributed by atoms with Crippen LogP contribution in [0.15, 0.2) is 30.3 Å². The Kier molecular flexibility index (Phi) is 4.98. The molecule has 2 rings (SSSR count). The summed E-state index contributed by atoms with van der Waals surface area (Å²) >= 11 is 0. The number of aryl methyl sites for hydroxylation is 1. The molecule has 1 aromatic carbocycles. The Balaban J connectivity index is 2.01. The molecule has 1 aromatic rings. The van der Waals surface area contributed by atoms with Crippen molar-refractivity contribution >= 4 is 17.5 Å². The molecular weight excluding hydrogens is 284 g/mol. The Hall–Kier alpha value is -2.14. The third-order valence-electron chi connectivity index (χ3n) is 3.41. The summed E-state index contributed by atoms with van der Waals surface area (Å²) in [6.45, 7) is 4.20. The molecule has 1 aliphatic rings. The van der Waals surface area contributed by atoms with Crippen LogP contribution in [0.5, 0.6) is 0 Å². The molecule has 5 heteroatoms. The highest BCUT2D eigenvalue weighted by atomic mass is 16.6. The number of carbonyl (C=O) groups excluding carboxylic acids is 2. The van der Waals surface area contributed by atoms with Crippen LogP contribution in [0, 0.1) is 6.92 Å². The lowest BCUT2D eigenvalue weighted by molar-refractivity contribution is -0.182. The zero-order chi connectivity index (χ0) is 16.2. The number of ketones is 1. The smallest absolute Gasteiger partial charge is 0.313 e. The highest BCUT2D eigenvalue weighted by Crippen LogP contribution is 2.32. The molecule has 1 heterocycles. The van der Waals surface area contributed by atoms with Gasteiger partial charge in [-0.05, 0) is 13.3 Å². The molecule has 22 heavy (non-hydrogen) atoms. The van der Waals surface area contributed by atoms with Crippen molar-refractivity contribution < 1.29 is 24.2 Å². The van der Waals surface area contributed by atoms with Gasteiger partial charge >= 0.3 is 5.97 Å². The van der Waals surface area contributed by atoms with Crippen molar-refractivity contribution in [1.29, 1.82) is 0 Å². The van der Waals surface area contributed by atoms with Gasteiger partial charge in [0.05, 0.1) is 6.61 Å². The average Bonchev–Trinajstić information content (AvgIpc) is 2.75. The van der Waals surface area contributed by atoms with E-state index in [-0.39, 0.29) is 12.4 Å². The summed E-state index contributed by atoms with van der Waals surface area (Å²) in [5.41, 5.74) is 1.75. The van der Waals surface area contributed by atoms with Gasteiger partial charge in [-0.2, -0.15) is 0 Å². The molecule has 118 valence electrons. The monoisotopic (exact) mass is 304 g/mol. The van der Waals surface area contributed by atoms with Gasteiger partial charge in [-0.1, -0.05) is 43.2 Å². The van der Waals surface area contributed by atoms with Crippen LogP contribution in [-0.4, -0.2) is 29.3 Å². The van der Waals surface area contributed by atoms with E-state index in [1.54, 1.807) is 12.1 Å². The largest absolute Gasteiger partial charge is 0.465 e. The molecule has 0 aliphatic carbocycles. The fourth-order valence-electron chi connectivity index (χ4n) is 2.05. The van der Waals surface area contributed by atoms with Gasteiger partial charge in [-0.3, -0.25) is 9.59 Å². The second-order valence-corrected chi connectivity index (χ2v) is 5.38. The first-order chi connectivity index (χ1) is 10.4. The van der Waals surface area contributed by atoms with Gasteiger partial charge in [-0.15, -0.1) is 0 Å². The number of unbranched alkanes of at least 4 members (excludes halogenated alkanes) is 1. The highest BCUT2D eigenvalue weighted by molar-refractivity contribution is 6.05. The van der Waals surface area contributed by atoms with Crippen LogP contribution in [0.4, 0.5) is 0 Å². The van der Waals surface area contributed by atoms with E-state index >= 15 is 0 Å². The molecule has 0 amide bonds. The summed E-state index contributed by atoms with van der Waals surface area (Å²) in [6.07, 6.45) is 2.34. The first-order valence-corrected chi connectivity index (χ1v) is 7.35. The molecule has 1 aliphatic heterocycles. The number of aliphatic hydroxyl groups is 1. The van der Waals surface area contributed by atoms with Gasteiger partial charge in [0.1, 0.15) is 12.2 Å². The highest BCUT2D eigenvalue weighted by Gasteiger charge is 2.45. The van der Waals surface area contributed by atoms with E-state index in [4.69, 9.17) is 9.47 Å². The van der Waals surface area contributed by atoms with Crippen molar-refractivity contribution in [2.75, 3.05) is 6.61 Å². The number of benzene rings is 1. The van der Waals surface area contributed by atoms with Gasteiger partial charge in [-0.25, -0.2) is 0 Å². The van der Waals surface area contributed by atoms with Gasteiger partial charge in [0.15, 0.2) is 0 Å². The van der Waals surface area contributed by atoms with E-state index < -0.39 is 24.0 Å². The first kappa shape index (κ1) is 16.2. The molecule has 0 saturated carbocycles. The molecular formula is C17H20O5. The summed E-state index contributed by atoms with van der Waals surface area (Å²) in [5.74, 6) is -3.20. The van der Waals surface area contributed by atoms with Gasteiger partial charge in [0, 0.05) is 11.6 Å². The third kappa shape index (κ3) is 3.74. The van der Waals surface area contributed by atoms with Crippen molar-refractivity contribution in [3.8, 4) is 0 Å². The second kappa shape index (κ2) is 6.75. The Bertz CT molecular complexity index is 588. The minimum atomic E-state index is -2.16. The number of hydrogen-bond donors (Lipinski definition) is 1. The van der Waals surface area contributed by atoms with Crippen LogP contribution in [0.1, 0.15) is 37.3 Å². The molecule has 0 radical (unpaired) electrons. The molecule has 0 aromatic heterocycles. The Morgan fingerprint density at radius 2 is 2.00 bits per heavy atom. The van der Waals surface area contributed by atoms with Crippen LogP contribution in [0.3, 0.4) is 0 Å². The van der Waals surface area contributed by atoms with E-state index in [1.165, 1.54) is 6.08 Å². The molecule has 1 unspecified atom stereocenters. The van der Waals surface area contributed by atoms with Gasteiger partial charge in [0.2, 0.25) is 5.78 Å². The first-order valence-electron chi connectivity index (χ1n) is 7.35. The van der Waals surface area contributed by atoms with Gasteiger partial charge in [0.25, 0.3) is 5.79 Å². The maximum atomic E-state index is 12.0. The lowest BCUT2D eigenvalue weighted by Crippen LogP contribution is -2.39.